The molecule has 3 rings (SSSR count). The fourth-order valence-electron chi connectivity index (χ4n) is 2.05. The van der Waals surface area contributed by atoms with Gasteiger partial charge in [0.2, 0.25) is 0 Å². The lowest BCUT2D eigenvalue weighted by Gasteiger charge is -2.08. The number of aryl methyl sites for hydroxylation is 1. The van der Waals surface area contributed by atoms with Gasteiger partial charge >= 0.3 is 0 Å². The average Bonchev–Trinajstić information content (AvgIpc) is 2.40. The third kappa shape index (κ3) is 2.41. The third-order valence-electron chi connectivity index (χ3n) is 3.05. The van der Waals surface area contributed by atoms with Gasteiger partial charge in [0, 0.05) is 15.4 Å². The van der Waals surface area contributed by atoms with Gasteiger partial charge in [-0.2, -0.15) is 0 Å². The zero-order valence-corrected chi connectivity index (χ0v) is 13.6. The van der Waals surface area contributed by atoms with Crippen molar-refractivity contribution in [1.82, 2.24) is 9.97 Å². The average molecular weight is 368 g/mol. The normalized spacial score (nSPS) is 11.0. The van der Waals surface area contributed by atoms with Crippen molar-refractivity contribution in [3.8, 4) is 11.4 Å². The minimum absolute atomic E-state index is 0.438. The third-order valence-corrected chi connectivity index (χ3v) is 4.15. The van der Waals surface area contributed by atoms with Crippen molar-refractivity contribution in [3.63, 3.8) is 0 Å². The Labute approximate surface area is 134 Å². The molecule has 2 nitrogen and oxygen atoms in total. The molecule has 0 amide bonds. The van der Waals surface area contributed by atoms with E-state index >= 15 is 0 Å². The molecule has 1 heterocycles. The van der Waals surface area contributed by atoms with Crippen LogP contribution >= 0.6 is 39.1 Å². The van der Waals surface area contributed by atoms with Crippen LogP contribution in [0.5, 0.6) is 0 Å². The first kappa shape index (κ1) is 13.8. The van der Waals surface area contributed by atoms with Crippen molar-refractivity contribution >= 4 is 50.0 Å². The van der Waals surface area contributed by atoms with Gasteiger partial charge in [-0.15, -0.1) is 0 Å². The van der Waals surface area contributed by atoms with E-state index in [4.69, 9.17) is 23.2 Å². The summed E-state index contributed by atoms with van der Waals surface area (Å²) in [6, 6.07) is 11.5. The molecular weight excluding hydrogens is 359 g/mol. The highest BCUT2D eigenvalue weighted by molar-refractivity contribution is 9.10. The van der Waals surface area contributed by atoms with Gasteiger partial charge in [-0.1, -0.05) is 51.3 Å². The number of para-hydroxylation sites is 1. The smallest absolute Gasteiger partial charge is 0.163 e. The Morgan fingerprint density at radius 1 is 1.05 bits per heavy atom. The maximum Gasteiger partial charge on any atom is 0.163 e. The van der Waals surface area contributed by atoms with Crippen molar-refractivity contribution in [2.45, 2.75) is 6.92 Å². The zero-order valence-electron chi connectivity index (χ0n) is 10.5. The van der Waals surface area contributed by atoms with Gasteiger partial charge in [0.05, 0.1) is 10.5 Å². The summed E-state index contributed by atoms with van der Waals surface area (Å²) < 4.78 is 0.911. The Morgan fingerprint density at radius 3 is 2.60 bits per heavy atom. The highest BCUT2D eigenvalue weighted by Gasteiger charge is 2.12. The molecule has 0 aliphatic rings. The fourth-order valence-corrected chi connectivity index (χ4v) is 3.04. The van der Waals surface area contributed by atoms with Crippen molar-refractivity contribution in [2.24, 2.45) is 0 Å². The van der Waals surface area contributed by atoms with E-state index < -0.39 is 0 Å². The monoisotopic (exact) mass is 366 g/mol. The maximum absolute atomic E-state index is 6.26. The molecule has 0 atom stereocenters. The molecular formula is C15H9BrCl2N2. The number of aromatic nitrogens is 2. The van der Waals surface area contributed by atoms with Crippen LogP contribution in [0.3, 0.4) is 0 Å². The largest absolute Gasteiger partial charge is 0.228 e. The first-order chi connectivity index (χ1) is 9.56. The highest BCUT2D eigenvalue weighted by Crippen LogP contribution is 2.31. The second-order valence-corrected chi connectivity index (χ2v) is 6.11. The molecule has 0 saturated heterocycles. The van der Waals surface area contributed by atoms with Crippen molar-refractivity contribution in [2.75, 3.05) is 0 Å². The van der Waals surface area contributed by atoms with Crippen LogP contribution in [0.1, 0.15) is 5.56 Å². The molecule has 3 aromatic rings. The van der Waals surface area contributed by atoms with Gasteiger partial charge in [0.15, 0.2) is 5.82 Å². The summed E-state index contributed by atoms with van der Waals surface area (Å²) >= 11 is 15.9. The van der Waals surface area contributed by atoms with Crippen LogP contribution in [-0.2, 0) is 0 Å². The van der Waals surface area contributed by atoms with Crippen molar-refractivity contribution in [1.29, 1.82) is 0 Å². The van der Waals surface area contributed by atoms with E-state index in [1.807, 2.05) is 43.3 Å². The number of fused-ring (bicyclic) bond motifs is 1. The molecule has 2 aromatic carbocycles. The molecule has 0 bridgehead atoms. The summed E-state index contributed by atoms with van der Waals surface area (Å²) in [7, 11) is 0. The number of nitrogens with zero attached hydrogens (tertiary/aromatic N) is 2. The number of rotatable bonds is 1. The predicted molar refractivity (Wildman–Crippen MR) is 87.4 cm³/mol. The SMILES string of the molecule is Cc1cccc2c(Cl)nc(-c3ccc(Br)cc3Cl)nc12. The first-order valence-electron chi connectivity index (χ1n) is 5.94. The van der Waals surface area contributed by atoms with E-state index in [2.05, 4.69) is 25.9 Å². The molecule has 5 heteroatoms. The molecule has 0 unspecified atom stereocenters. The van der Waals surface area contributed by atoms with E-state index in [-0.39, 0.29) is 0 Å². The molecule has 0 fully saturated rings. The molecule has 0 spiro atoms. The van der Waals surface area contributed by atoms with Crippen LogP contribution in [0.2, 0.25) is 10.2 Å². The Morgan fingerprint density at radius 2 is 1.85 bits per heavy atom. The summed E-state index contributed by atoms with van der Waals surface area (Å²) in [6.45, 7) is 2.00. The molecule has 0 aliphatic heterocycles. The summed E-state index contributed by atoms with van der Waals surface area (Å²) in [5.41, 5.74) is 2.67. The molecule has 1 aromatic heterocycles. The molecule has 0 N–H and O–H groups in total. The summed E-state index contributed by atoms with van der Waals surface area (Å²) in [4.78, 5) is 8.96. The second kappa shape index (κ2) is 5.32. The lowest BCUT2D eigenvalue weighted by Crippen LogP contribution is -1.94. The Bertz CT molecular complexity index is 818. The lowest BCUT2D eigenvalue weighted by molar-refractivity contribution is 1.22. The van der Waals surface area contributed by atoms with E-state index in [0.29, 0.717) is 16.0 Å². The molecule has 0 radical (unpaired) electrons. The van der Waals surface area contributed by atoms with Crippen molar-refractivity contribution < 1.29 is 0 Å². The Kier molecular flexibility index (Phi) is 3.67. The van der Waals surface area contributed by atoms with Crippen molar-refractivity contribution in [3.05, 3.63) is 56.6 Å². The van der Waals surface area contributed by atoms with Gasteiger partial charge in [-0.3, -0.25) is 0 Å². The second-order valence-electron chi connectivity index (χ2n) is 4.43. The van der Waals surface area contributed by atoms with E-state index in [1.54, 1.807) is 0 Å². The fraction of sp³-hybridized carbons (Fsp3) is 0.0667. The quantitative estimate of drug-likeness (QED) is 0.517. The van der Waals surface area contributed by atoms with Gasteiger partial charge in [-0.25, -0.2) is 9.97 Å². The zero-order chi connectivity index (χ0) is 14.3. The number of hydrogen-bond acceptors (Lipinski definition) is 2. The molecule has 20 heavy (non-hydrogen) atoms. The first-order valence-corrected chi connectivity index (χ1v) is 7.49. The number of hydrogen-bond donors (Lipinski definition) is 0. The van der Waals surface area contributed by atoms with Crippen LogP contribution in [-0.4, -0.2) is 9.97 Å². The van der Waals surface area contributed by atoms with E-state index in [1.165, 1.54) is 0 Å². The maximum atomic E-state index is 6.26. The minimum atomic E-state index is 0.438. The van der Waals surface area contributed by atoms with Crippen LogP contribution in [0.25, 0.3) is 22.3 Å². The number of benzene rings is 2. The van der Waals surface area contributed by atoms with Crippen LogP contribution < -0.4 is 0 Å². The molecule has 100 valence electrons. The van der Waals surface area contributed by atoms with E-state index in [0.717, 1.165) is 26.5 Å². The lowest BCUT2D eigenvalue weighted by atomic mass is 10.1. The molecule has 0 aliphatic carbocycles. The van der Waals surface area contributed by atoms with Crippen LogP contribution in [0, 0.1) is 6.92 Å². The van der Waals surface area contributed by atoms with Crippen LogP contribution in [0.4, 0.5) is 0 Å². The van der Waals surface area contributed by atoms with Gasteiger partial charge in [0.25, 0.3) is 0 Å². The summed E-state index contributed by atoms with van der Waals surface area (Å²) in [5, 5.41) is 1.87. The molecule has 0 saturated carbocycles. The van der Waals surface area contributed by atoms with Crippen LogP contribution in [0.15, 0.2) is 40.9 Å². The number of halogens is 3. The van der Waals surface area contributed by atoms with Gasteiger partial charge in [-0.05, 0) is 36.8 Å². The van der Waals surface area contributed by atoms with Gasteiger partial charge < -0.3 is 0 Å². The van der Waals surface area contributed by atoms with Gasteiger partial charge in [0.1, 0.15) is 5.15 Å². The Balaban J connectivity index is 2.29. The highest BCUT2D eigenvalue weighted by atomic mass is 79.9. The van der Waals surface area contributed by atoms with E-state index in [9.17, 15) is 0 Å². The summed E-state index contributed by atoms with van der Waals surface area (Å²) in [6.07, 6.45) is 0. The topological polar surface area (TPSA) is 25.8 Å². The standard InChI is InChI=1S/C15H9BrCl2N2/c1-8-3-2-4-11-13(8)19-15(20-14(11)18)10-6-5-9(16)7-12(10)17/h2-7H,1H3. The minimum Gasteiger partial charge on any atom is -0.228 e. The Hall–Kier alpha value is -1.16. The predicted octanol–water partition coefficient (Wildman–Crippen LogP) is 5.67. The summed E-state index contributed by atoms with van der Waals surface area (Å²) in [5.74, 6) is 0.536.